The van der Waals surface area contributed by atoms with Crippen molar-refractivity contribution in [2.24, 2.45) is 0 Å². The number of carbonyl (C=O) groups excluding carboxylic acids is 1. The van der Waals surface area contributed by atoms with Crippen LogP contribution in [0, 0.1) is 0 Å². The standard InChI is InChI=1S/C44H44N4O15S8.2Na/c1-2-45-33-12-8-30(69(51,52)53)24-38(33)65-41(45)27-43-47(35-13-9-31(70(54,55)56)25-39(35)66-43)16-19-60-21-22-61-20-17-48-36-14-10-32(71(57,58)59)26-40(36)67-44(48)28-42-46(15-5-3-4-6-18-49)34-11-7-29(68-63-62-50)23-37(34)64-42;;/h7-14,18,23-28H,2-6,15-17,19-22H2,1H3,(H2-2,50,51,52,53,54,55,56,57,58,59);;/q;2*+1/p-1. The van der Waals surface area contributed by atoms with E-state index in [0.29, 0.717) is 67.8 Å². The molecular formula is C44H43N4Na2O15S8+. The average Bonchev–Trinajstić information content (AvgIpc) is 4.06. The predicted molar refractivity (Wildman–Crippen MR) is 265 cm³/mol. The first kappa shape index (κ1) is 60.2. The number of benzene rings is 4. The summed E-state index contributed by atoms with van der Waals surface area (Å²) in [5.74, 6) is 0. The molecule has 6 aromatic rings. The van der Waals surface area contributed by atoms with Gasteiger partial charge in [-0.1, -0.05) is 52.6 Å². The van der Waals surface area contributed by atoms with Gasteiger partial charge < -0.3 is 38.4 Å². The van der Waals surface area contributed by atoms with Crippen molar-refractivity contribution in [3.63, 3.8) is 0 Å². The van der Waals surface area contributed by atoms with Gasteiger partial charge in [0.05, 0.1) is 73.5 Å². The largest absolute Gasteiger partial charge is 1.00 e. The van der Waals surface area contributed by atoms with Crippen molar-refractivity contribution in [3.05, 3.63) is 92.9 Å². The first-order valence-corrected chi connectivity index (χ1v) is 29.9. The van der Waals surface area contributed by atoms with Gasteiger partial charge in [-0.05, 0) is 80.4 Å². The number of anilines is 2. The molecule has 0 atom stereocenters. The summed E-state index contributed by atoms with van der Waals surface area (Å²) in [6.07, 6.45) is 7.68. The van der Waals surface area contributed by atoms with Crippen molar-refractivity contribution in [1.82, 2.24) is 0 Å². The van der Waals surface area contributed by atoms with Gasteiger partial charge in [-0.15, -0.1) is 0 Å². The summed E-state index contributed by atoms with van der Waals surface area (Å²) in [5.41, 5.74) is 3.05. The molecule has 0 amide bonds. The Morgan fingerprint density at radius 3 is 1.71 bits per heavy atom. The van der Waals surface area contributed by atoms with E-state index >= 15 is 0 Å². The fraction of sp³-hybridized carbons (Fsp3) is 0.295. The molecule has 8 rings (SSSR count). The maximum absolute atomic E-state index is 12.0. The summed E-state index contributed by atoms with van der Waals surface area (Å²) in [6.45, 7) is 4.68. The zero-order valence-corrected chi connectivity index (χ0v) is 49.9. The molecule has 19 nitrogen and oxygen atoms in total. The van der Waals surface area contributed by atoms with E-state index in [4.69, 9.17) is 9.47 Å². The number of carbonyl (C=O) groups is 1. The van der Waals surface area contributed by atoms with Crippen molar-refractivity contribution < 1.29 is 136 Å². The van der Waals surface area contributed by atoms with Crippen LogP contribution in [0.15, 0.2) is 112 Å². The second-order valence-electron chi connectivity index (χ2n) is 15.6. The van der Waals surface area contributed by atoms with Crippen molar-refractivity contribution in [3.8, 4) is 0 Å². The first-order chi connectivity index (χ1) is 34.0. The molecule has 0 saturated heterocycles. The van der Waals surface area contributed by atoms with E-state index < -0.39 is 30.4 Å². The van der Waals surface area contributed by atoms with Gasteiger partial charge in [-0.3, -0.25) is 9.59 Å². The summed E-state index contributed by atoms with van der Waals surface area (Å²) in [5, 5.41) is 17.1. The molecule has 0 spiro atoms. The topological polar surface area (TPSA) is 260 Å². The van der Waals surface area contributed by atoms with Crippen LogP contribution in [0.3, 0.4) is 0 Å². The Hall–Kier alpha value is -2.01. The van der Waals surface area contributed by atoms with Gasteiger partial charge in [0, 0.05) is 46.3 Å². The number of thioether (sulfide) groups is 2. The van der Waals surface area contributed by atoms with E-state index in [9.17, 15) is 49.0 Å². The number of rotatable bonds is 24. The molecule has 0 bridgehead atoms. The quantitative estimate of drug-likeness (QED) is 0.0125. The van der Waals surface area contributed by atoms with Crippen LogP contribution in [0.1, 0.15) is 42.6 Å². The first-order valence-electron chi connectivity index (χ1n) is 21.6. The second-order valence-corrected chi connectivity index (χ2v) is 24.8. The van der Waals surface area contributed by atoms with E-state index in [1.807, 2.05) is 51.3 Å². The van der Waals surface area contributed by atoms with E-state index in [1.54, 1.807) is 18.2 Å². The molecule has 0 fully saturated rings. The minimum absolute atomic E-state index is 0. The van der Waals surface area contributed by atoms with Crippen LogP contribution in [-0.2, 0) is 67.1 Å². The number of hydrogen-bond acceptors (Lipinski definition) is 21. The smallest absolute Gasteiger partial charge is 0.744 e. The monoisotopic (exact) mass is 1170 g/mol. The molecule has 2 aliphatic heterocycles. The zero-order chi connectivity index (χ0) is 50.5. The van der Waals surface area contributed by atoms with Gasteiger partial charge in [-0.2, -0.15) is 21.9 Å². The Bertz CT molecular complexity index is 3390. The molecule has 29 heteroatoms. The van der Waals surface area contributed by atoms with Crippen LogP contribution in [-0.4, -0.2) is 84.7 Å². The van der Waals surface area contributed by atoms with Crippen molar-refractivity contribution in [2.75, 3.05) is 49.3 Å². The molecule has 4 aromatic carbocycles. The fourth-order valence-corrected chi connectivity index (χ4v) is 14.9. The van der Waals surface area contributed by atoms with Crippen LogP contribution in [0.4, 0.5) is 11.4 Å². The molecule has 2 aromatic heterocycles. The zero-order valence-electron chi connectivity index (χ0n) is 39.4. The molecule has 0 unspecified atom stereocenters. The Kier molecular flexibility index (Phi) is 21.9. The van der Waals surface area contributed by atoms with Gasteiger partial charge in [-0.25, -0.2) is 16.8 Å². The van der Waals surface area contributed by atoms with Crippen molar-refractivity contribution in [1.29, 1.82) is 0 Å². The molecule has 73 heavy (non-hydrogen) atoms. The number of nitrogens with zero attached hydrogens (tertiary/aromatic N) is 4. The van der Waals surface area contributed by atoms with Crippen molar-refractivity contribution in [2.45, 2.75) is 75.1 Å². The fourth-order valence-electron chi connectivity index (χ4n) is 7.89. The van der Waals surface area contributed by atoms with E-state index in [0.717, 1.165) is 68.9 Å². The summed E-state index contributed by atoms with van der Waals surface area (Å²) < 4.78 is 127. The van der Waals surface area contributed by atoms with Gasteiger partial charge in [0.2, 0.25) is 11.0 Å². The summed E-state index contributed by atoms with van der Waals surface area (Å²) in [6, 6.07) is 18.4. The van der Waals surface area contributed by atoms with Crippen LogP contribution in [0.5, 0.6) is 0 Å². The van der Waals surface area contributed by atoms with E-state index in [1.165, 1.54) is 82.6 Å². The summed E-state index contributed by atoms with van der Waals surface area (Å²) in [4.78, 5) is 16.3. The van der Waals surface area contributed by atoms with Crippen molar-refractivity contribution >= 4 is 139 Å². The Morgan fingerprint density at radius 2 is 1.19 bits per heavy atom. The molecule has 0 saturated carbocycles. The summed E-state index contributed by atoms with van der Waals surface area (Å²) in [7, 11) is -13.9. The van der Waals surface area contributed by atoms with Crippen LogP contribution >= 0.6 is 58.2 Å². The number of ether oxygens (including phenoxy) is 2. The van der Waals surface area contributed by atoms with Gasteiger partial charge in [0.1, 0.15) is 49.1 Å². The SMILES string of the molecule is CCN1C(=Cc2sc3cc(S(=O)(=O)[O-])ccc3[n+]2CCOCCOCC[n+]2c(C=C3Sc4cc(SOO[O-])ccc4N3CCCCCC=O)sc3cc(S(=O)(=O)[O-])ccc32)Sc2cc(S(=O)(=O)O)ccc21.[Na+].[Na+]. The number of fused-ring (bicyclic) bond motifs is 4. The molecular weight excluding hydrogens is 1130 g/mol. The Balaban J connectivity index is 0.00000435. The third-order valence-corrected chi connectivity index (χ3v) is 18.6. The Morgan fingerprint density at radius 1 is 0.671 bits per heavy atom. The predicted octanol–water partition coefficient (Wildman–Crippen LogP) is 0.319. The van der Waals surface area contributed by atoms with Gasteiger partial charge in [0.15, 0.2) is 13.1 Å². The average molecular weight is 1170 g/mol. The number of aromatic nitrogens is 2. The van der Waals surface area contributed by atoms with Crippen LogP contribution in [0.25, 0.3) is 32.6 Å². The maximum Gasteiger partial charge on any atom is 1.00 e. The van der Waals surface area contributed by atoms with Crippen LogP contribution in [0.2, 0.25) is 0 Å². The third-order valence-electron chi connectivity index (χ3n) is 11.1. The number of thiazole rings is 2. The molecule has 0 aliphatic carbocycles. The summed E-state index contributed by atoms with van der Waals surface area (Å²) >= 11 is 6.20. The molecule has 2 aliphatic rings. The number of unbranched alkanes of at least 4 members (excludes halogenated alkanes) is 3. The molecule has 1 N–H and O–H groups in total. The second kappa shape index (κ2) is 26.6. The Labute approximate surface area is 486 Å². The third kappa shape index (κ3) is 14.8. The normalized spacial score (nSPS) is 14.8. The number of hydrogen-bond donors (Lipinski definition) is 1. The van der Waals surface area contributed by atoms with Gasteiger partial charge in [0.25, 0.3) is 20.1 Å². The minimum atomic E-state index is -4.73. The van der Waals surface area contributed by atoms with Crippen LogP contribution < -0.4 is 83.3 Å². The molecule has 378 valence electrons. The van der Waals surface area contributed by atoms with E-state index in [-0.39, 0.29) is 100 Å². The number of aldehydes is 1. The minimum Gasteiger partial charge on any atom is -0.744 e. The molecule has 4 heterocycles. The maximum atomic E-state index is 12.0. The van der Waals surface area contributed by atoms with Gasteiger partial charge >= 0.3 is 59.1 Å². The molecule has 0 radical (unpaired) electrons. The van der Waals surface area contributed by atoms with E-state index in [2.05, 4.69) is 14.3 Å².